The van der Waals surface area contributed by atoms with Crippen molar-refractivity contribution in [2.75, 3.05) is 53.4 Å². The van der Waals surface area contributed by atoms with Crippen molar-refractivity contribution in [2.45, 2.75) is 32.1 Å². The molecule has 1 saturated heterocycles. The zero-order valence-electron chi connectivity index (χ0n) is 27.4. The minimum atomic E-state index is -0.259. The molecule has 6 rings (SSSR count). The standard InChI is InChI=1S/C35H41N9O4/c1-42(2)18-6-16-36-32(45)30-24-48-35(39-30)27-12-14-28(15-13-27)44-22-29(40-41-44)25-8-10-26(11-9-25)34-38-31(23-47-34)33(46)37-17-7-21-43-19-4-3-5-20-43/h8-15,22-24H,3-7,16-21H2,1-2H3,(H,36,45)(H,37,46). The number of likely N-dealkylation sites (tertiary alicyclic amines) is 1. The number of hydrogen-bond acceptors (Lipinski definition) is 10. The van der Waals surface area contributed by atoms with Gasteiger partial charge in [0.2, 0.25) is 11.8 Å². The van der Waals surface area contributed by atoms with Gasteiger partial charge < -0.3 is 29.3 Å². The maximum absolute atomic E-state index is 12.6. The molecule has 2 aromatic carbocycles. The Morgan fingerprint density at radius 2 is 1.33 bits per heavy atom. The molecule has 1 aliphatic heterocycles. The number of rotatable bonds is 14. The molecule has 0 unspecified atom stereocenters. The molecule has 0 radical (unpaired) electrons. The Hall–Kier alpha value is -5.14. The smallest absolute Gasteiger partial charge is 0.273 e. The van der Waals surface area contributed by atoms with E-state index >= 15 is 0 Å². The average molecular weight is 652 g/mol. The first-order chi connectivity index (χ1) is 23.4. The average Bonchev–Trinajstić information content (AvgIpc) is 3.91. The summed E-state index contributed by atoms with van der Waals surface area (Å²) in [5.74, 6) is 0.248. The van der Waals surface area contributed by atoms with Crippen molar-refractivity contribution in [2.24, 2.45) is 0 Å². The van der Waals surface area contributed by atoms with Crippen molar-refractivity contribution < 1.29 is 18.4 Å². The fraction of sp³-hybridized carbons (Fsp3) is 0.371. The van der Waals surface area contributed by atoms with Gasteiger partial charge in [0, 0.05) is 29.8 Å². The Kier molecular flexibility index (Phi) is 10.7. The van der Waals surface area contributed by atoms with Gasteiger partial charge in [-0.2, -0.15) is 0 Å². The summed E-state index contributed by atoms with van der Waals surface area (Å²) in [6.07, 6.45) is 10.2. The van der Waals surface area contributed by atoms with Gasteiger partial charge in [0.15, 0.2) is 11.4 Å². The lowest BCUT2D eigenvalue weighted by atomic mass is 10.1. The normalized spacial score (nSPS) is 13.6. The van der Waals surface area contributed by atoms with Crippen LogP contribution in [0.2, 0.25) is 0 Å². The highest BCUT2D eigenvalue weighted by Gasteiger charge is 2.16. The van der Waals surface area contributed by atoms with Gasteiger partial charge in [-0.3, -0.25) is 9.59 Å². The highest BCUT2D eigenvalue weighted by atomic mass is 16.3. The molecule has 0 spiro atoms. The number of aromatic nitrogens is 5. The lowest BCUT2D eigenvalue weighted by molar-refractivity contribution is 0.0938. The molecule has 48 heavy (non-hydrogen) atoms. The van der Waals surface area contributed by atoms with Gasteiger partial charge in [0.1, 0.15) is 18.2 Å². The number of amides is 2. The van der Waals surface area contributed by atoms with E-state index in [9.17, 15) is 9.59 Å². The summed E-state index contributed by atoms with van der Waals surface area (Å²) in [5, 5.41) is 14.4. The number of oxazole rings is 2. The minimum Gasteiger partial charge on any atom is -0.444 e. The number of benzene rings is 2. The van der Waals surface area contributed by atoms with Gasteiger partial charge in [-0.05, 0) is 102 Å². The van der Waals surface area contributed by atoms with E-state index in [1.54, 1.807) is 4.68 Å². The molecule has 13 heteroatoms. The molecule has 0 saturated carbocycles. The Labute approximate surface area is 279 Å². The highest BCUT2D eigenvalue weighted by Crippen LogP contribution is 2.25. The van der Waals surface area contributed by atoms with Crippen molar-refractivity contribution in [3.63, 3.8) is 0 Å². The Balaban J connectivity index is 1.01. The van der Waals surface area contributed by atoms with Crippen LogP contribution in [0, 0.1) is 0 Å². The first kappa shape index (κ1) is 32.8. The number of nitrogens with zero attached hydrogens (tertiary/aromatic N) is 7. The van der Waals surface area contributed by atoms with E-state index in [1.165, 1.54) is 31.8 Å². The topological polar surface area (TPSA) is 147 Å². The van der Waals surface area contributed by atoms with E-state index in [1.807, 2.05) is 68.8 Å². The van der Waals surface area contributed by atoms with Crippen LogP contribution < -0.4 is 10.6 Å². The second kappa shape index (κ2) is 15.6. The number of hydrogen-bond donors (Lipinski definition) is 2. The molecule has 1 aliphatic rings. The second-order valence-corrected chi connectivity index (χ2v) is 12.2. The molecule has 250 valence electrons. The molecule has 2 N–H and O–H groups in total. The van der Waals surface area contributed by atoms with Crippen LogP contribution in [0.3, 0.4) is 0 Å². The third kappa shape index (κ3) is 8.41. The van der Waals surface area contributed by atoms with Crippen LogP contribution in [-0.2, 0) is 0 Å². The van der Waals surface area contributed by atoms with E-state index in [4.69, 9.17) is 8.83 Å². The lowest BCUT2D eigenvalue weighted by Gasteiger charge is -2.26. The molecule has 0 bridgehead atoms. The van der Waals surface area contributed by atoms with E-state index in [-0.39, 0.29) is 23.2 Å². The summed E-state index contributed by atoms with van der Waals surface area (Å²) in [4.78, 5) is 38.3. The lowest BCUT2D eigenvalue weighted by Crippen LogP contribution is -2.33. The fourth-order valence-electron chi connectivity index (χ4n) is 5.55. The third-order valence-corrected chi connectivity index (χ3v) is 8.23. The van der Waals surface area contributed by atoms with Gasteiger partial charge in [0.25, 0.3) is 11.8 Å². The summed E-state index contributed by atoms with van der Waals surface area (Å²) in [7, 11) is 3.99. The maximum atomic E-state index is 12.6. The first-order valence-corrected chi connectivity index (χ1v) is 16.4. The van der Waals surface area contributed by atoms with E-state index in [2.05, 4.69) is 40.7 Å². The molecular weight excluding hydrogens is 610 g/mol. The highest BCUT2D eigenvalue weighted by molar-refractivity contribution is 5.92. The molecule has 0 aliphatic carbocycles. The molecule has 1 fully saturated rings. The molecule has 0 atom stereocenters. The van der Waals surface area contributed by atoms with Gasteiger partial charge in [0.05, 0.1) is 11.9 Å². The van der Waals surface area contributed by atoms with Gasteiger partial charge in [-0.1, -0.05) is 23.8 Å². The van der Waals surface area contributed by atoms with Crippen LogP contribution >= 0.6 is 0 Å². The predicted octanol–water partition coefficient (Wildman–Crippen LogP) is 4.53. The zero-order chi connectivity index (χ0) is 33.3. The minimum absolute atomic E-state index is 0.232. The maximum Gasteiger partial charge on any atom is 0.273 e. The quantitative estimate of drug-likeness (QED) is 0.164. The Morgan fingerprint density at radius 3 is 1.94 bits per heavy atom. The van der Waals surface area contributed by atoms with Crippen molar-refractivity contribution in [3.05, 3.63) is 78.6 Å². The SMILES string of the molecule is CN(C)CCCNC(=O)c1coc(-c2ccc(-n3cc(-c4ccc(-c5nc(C(=O)NCCCN6CCCCC6)co5)cc4)nn3)cc2)n1. The van der Waals surface area contributed by atoms with E-state index in [0.717, 1.165) is 61.4 Å². The molecule has 13 nitrogen and oxygen atoms in total. The number of nitrogens with one attached hydrogen (secondary N) is 2. The molecule has 2 amide bonds. The Morgan fingerprint density at radius 1 is 0.771 bits per heavy atom. The van der Waals surface area contributed by atoms with Crippen molar-refractivity contribution in [1.82, 2.24) is 45.4 Å². The summed E-state index contributed by atoms with van der Waals surface area (Å²) in [6.45, 7) is 5.37. The van der Waals surface area contributed by atoms with Crippen molar-refractivity contribution in [1.29, 1.82) is 0 Å². The van der Waals surface area contributed by atoms with Gasteiger partial charge in [-0.25, -0.2) is 14.6 Å². The summed E-state index contributed by atoms with van der Waals surface area (Å²) in [6, 6.07) is 15.1. The van der Waals surface area contributed by atoms with Crippen LogP contribution in [0.25, 0.3) is 39.9 Å². The third-order valence-electron chi connectivity index (χ3n) is 8.23. The first-order valence-electron chi connectivity index (χ1n) is 16.4. The summed E-state index contributed by atoms with van der Waals surface area (Å²) in [5.41, 5.74) is 4.36. The van der Waals surface area contributed by atoms with Crippen LogP contribution in [0.5, 0.6) is 0 Å². The predicted molar refractivity (Wildman–Crippen MR) is 181 cm³/mol. The molecular formula is C35H41N9O4. The fourth-order valence-corrected chi connectivity index (χ4v) is 5.55. The number of carbonyl (C=O) groups excluding carboxylic acids is 2. The zero-order valence-corrected chi connectivity index (χ0v) is 27.4. The van der Waals surface area contributed by atoms with E-state index < -0.39 is 0 Å². The van der Waals surface area contributed by atoms with Crippen molar-refractivity contribution >= 4 is 11.8 Å². The van der Waals surface area contributed by atoms with Crippen molar-refractivity contribution in [3.8, 4) is 39.9 Å². The van der Waals surface area contributed by atoms with Gasteiger partial charge in [-0.15, -0.1) is 5.10 Å². The monoisotopic (exact) mass is 651 g/mol. The Bertz CT molecular complexity index is 1780. The van der Waals surface area contributed by atoms with Crippen LogP contribution in [0.15, 0.2) is 76.1 Å². The molecule has 4 heterocycles. The van der Waals surface area contributed by atoms with Crippen LogP contribution in [0.1, 0.15) is 53.1 Å². The summed E-state index contributed by atoms with van der Waals surface area (Å²) < 4.78 is 12.9. The van der Waals surface area contributed by atoms with Crippen LogP contribution in [0.4, 0.5) is 0 Å². The molecule has 3 aromatic heterocycles. The largest absolute Gasteiger partial charge is 0.444 e. The number of carbonyl (C=O) groups is 2. The number of piperidine rings is 1. The second-order valence-electron chi connectivity index (χ2n) is 12.2. The molecule has 5 aromatic rings. The van der Waals surface area contributed by atoms with Crippen LogP contribution in [-0.4, -0.2) is 99.9 Å². The van der Waals surface area contributed by atoms with E-state index in [0.29, 0.717) is 30.6 Å². The van der Waals surface area contributed by atoms with Gasteiger partial charge >= 0.3 is 0 Å². The summed E-state index contributed by atoms with van der Waals surface area (Å²) >= 11 is 0.